The van der Waals surface area contributed by atoms with Gasteiger partial charge in [0, 0.05) is 29.8 Å². The second-order valence-corrected chi connectivity index (χ2v) is 9.04. The zero-order valence-corrected chi connectivity index (χ0v) is 19.9. The molecule has 0 bridgehead atoms. The molecule has 6 nitrogen and oxygen atoms in total. The molecule has 0 amide bonds. The largest absolute Gasteiger partial charge is 0.348 e. The molecule has 4 aromatic rings. The second-order valence-electron chi connectivity index (χ2n) is 8.12. The summed E-state index contributed by atoms with van der Waals surface area (Å²) in [6.07, 6.45) is 2.63. The van der Waals surface area contributed by atoms with E-state index < -0.39 is 0 Å². The van der Waals surface area contributed by atoms with Crippen molar-refractivity contribution in [2.75, 3.05) is 16.8 Å². The lowest BCUT2D eigenvalue weighted by molar-refractivity contribution is 0.574. The van der Waals surface area contributed by atoms with Gasteiger partial charge >= 0.3 is 0 Å². The predicted octanol–water partition coefficient (Wildman–Crippen LogP) is 5.78. The summed E-state index contributed by atoms with van der Waals surface area (Å²) in [5.41, 5.74) is 3.08. The van der Waals surface area contributed by atoms with Gasteiger partial charge in [0.1, 0.15) is 11.6 Å². The molecule has 1 atom stereocenters. The van der Waals surface area contributed by atoms with E-state index in [4.69, 9.17) is 4.98 Å². The van der Waals surface area contributed by atoms with Crippen LogP contribution >= 0.6 is 15.9 Å². The molecule has 0 saturated carbocycles. The zero-order valence-electron chi connectivity index (χ0n) is 18.3. The van der Waals surface area contributed by atoms with Gasteiger partial charge < -0.3 is 10.2 Å². The van der Waals surface area contributed by atoms with Crippen LogP contribution in [-0.4, -0.2) is 21.1 Å². The van der Waals surface area contributed by atoms with Crippen LogP contribution in [0.2, 0.25) is 0 Å². The van der Waals surface area contributed by atoms with Gasteiger partial charge in [-0.3, -0.25) is 9.36 Å². The average Bonchev–Trinajstić information content (AvgIpc) is 2.84. The van der Waals surface area contributed by atoms with Crippen molar-refractivity contribution in [1.29, 1.82) is 0 Å². The number of halogens is 1. The van der Waals surface area contributed by atoms with Crippen molar-refractivity contribution in [1.82, 2.24) is 14.5 Å². The van der Waals surface area contributed by atoms with Crippen LogP contribution in [0.25, 0.3) is 11.1 Å². The van der Waals surface area contributed by atoms with Crippen LogP contribution in [0.3, 0.4) is 0 Å². The lowest BCUT2D eigenvalue weighted by Gasteiger charge is -2.31. The summed E-state index contributed by atoms with van der Waals surface area (Å²) in [5.74, 6) is 2.18. The molecule has 7 heteroatoms. The van der Waals surface area contributed by atoms with Crippen LogP contribution in [0.15, 0.2) is 88.3 Å². The molecule has 1 aliphatic rings. The summed E-state index contributed by atoms with van der Waals surface area (Å²) in [6.45, 7) is 3.57. The number of nitrogens with zero attached hydrogens (tertiary/aromatic N) is 4. The van der Waals surface area contributed by atoms with E-state index >= 15 is 0 Å². The summed E-state index contributed by atoms with van der Waals surface area (Å²) in [4.78, 5) is 24.2. The third-order valence-electron chi connectivity index (χ3n) is 5.86. The van der Waals surface area contributed by atoms with Crippen LogP contribution < -0.4 is 15.8 Å². The van der Waals surface area contributed by atoms with Gasteiger partial charge in [-0.2, -0.15) is 4.98 Å². The Morgan fingerprint density at radius 2 is 1.82 bits per heavy atom. The third kappa shape index (κ3) is 4.54. The van der Waals surface area contributed by atoms with E-state index in [1.165, 1.54) is 0 Å². The Labute approximate surface area is 201 Å². The van der Waals surface area contributed by atoms with Gasteiger partial charge in [-0.05, 0) is 54.3 Å². The SMILES string of the molecule is C[C@H](Nc1nccc(N2CCCn3c2cc(-c2ccccc2)cc3=O)n1)c1cccc(Br)c1. The molecular formula is C26H24BrN5O. The van der Waals surface area contributed by atoms with Gasteiger partial charge in [-0.25, -0.2) is 4.98 Å². The first-order valence-corrected chi connectivity index (χ1v) is 11.8. The molecule has 1 aliphatic heterocycles. The Morgan fingerprint density at radius 1 is 0.970 bits per heavy atom. The fourth-order valence-corrected chi connectivity index (χ4v) is 4.60. The van der Waals surface area contributed by atoms with Crippen molar-refractivity contribution in [3.8, 4) is 11.1 Å². The van der Waals surface area contributed by atoms with Gasteiger partial charge in [0.25, 0.3) is 5.56 Å². The monoisotopic (exact) mass is 501 g/mol. The fourth-order valence-electron chi connectivity index (χ4n) is 4.18. The number of benzene rings is 2. The van der Waals surface area contributed by atoms with Crippen molar-refractivity contribution in [3.05, 3.63) is 99.4 Å². The molecule has 2 aromatic carbocycles. The summed E-state index contributed by atoms with van der Waals surface area (Å²) in [6, 6.07) is 23.9. The van der Waals surface area contributed by atoms with E-state index in [1.54, 1.807) is 12.3 Å². The molecule has 2 aromatic heterocycles. The molecular weight excluding hydrogens is 478 g/mol. The molecule has 1 N–H and O–H groups in total. The van der Waals surface area contributed by atoms with Crippen molar-refractivity contribution in [2.45, 2.75) is 25.9 Å². The summed E-state index contributed by atoms with van der Waals surface area (Å²) < 4.78 is 2.86. The maximum absolute atomic E-state index is 12.9. The number of rotatable bonds is 5. The van der Waals surface area contributed by atoms with Crippen LogP contribution in [0.5, 0.6) is 0 Å². The molecule has 33 heavy (non-hydrogen) atoms. The van der Waals surface area contributed by atoms with Crippen LogP contribution in [0.1, 0.15) is 24.9 Å². The average molecular weight is 502 g/mol. The minimum absolute atomic E-state index is 0.00624. The van der Waals surface area contributed by atoms with Crippen molar-refractivity contribution < 1.29 is 0 Å². The van der Waals surface area contributed by atoms with Gasteiger partial charge in [0.05, 0.1) is 6.04 Å². The van der Waals surface area contributed by atoms with E-state index in [0.717, 1.165) is 45.8 Å². The summed E-state index contributed by atoms with van der Waals surface area (Å²) in [5, 5.41) is 3.40. The molecule has 166 valence electrons. The Kier molecular flexibility index (Phi) is 5.96. The first-order valence-electron chi connectivity index (χ1n) is 11.0. The number of anilines is 3. The quantitative estimate of drug-likeness (QED) is 0.375. The standard InChI is InChI=1S/C26H24BrN5O/c1-18(20-9-5-10-22(27)15-20)29-26-28-12-11-23(30-26)31-13-6-14-32-24(31)16-21(17-25(32)33)19-7-3-2-4-8-19/h2-5,7-12,15-18H,6,13-14H2,1H3,(H,28,29,30)/t18-/m0/s1. The van der Waals surface area contributed by atoms with Crippen LogP contribution in [0.4, 0.5) is 17.6 Å². The number of nitrogens with one attached hydrogen (secondary N) is 1. The van der Waals surface area contributed by atoms with Crippen molar-refractivity contribution >= 4 is 33.5 Å². The number of aromatic nitrogens is 3. The molecule has 5 rings (SSSR count). The van der Waals surface area contributed by atoms with Crippen LogP contribution in [-0.2, 0) is 6.54 Å². The Morgan fingerprint density at radius 3 is 2.64 bits per heavy atom. The topological polar surface area (TPSA) is 63.1 Å². The van der Waals surface area contributed by atoms with Gasteiger partial charge in [-0.1, -0.05) is 58.4 Å². The minimum Gasteiger partial charge on any atom is -0.348 e. The van der Waals surface area contributed by atoms with E-state index in [-0.39, 0.29) is 11.6 Å². The highest BCUT2D eigenvalue weighted by Gasteiger charge is 2.22. The molecule has 0 fully saturated rings. The van der Waals surface area contributed by atoms with Gasteiger partial charge in [0.2, 0.25) is 5.95 Å². The lowest BCUT2D eigenvalue weighted by atomic mass is 10.1. The third-order valence-corrected chi connectivity index (χ3v) is 6.36. The highest BCUT2D eigenvalue weighted by Crippen LogP contribution is 2.31. The van der Waals surface area contributed by atoms with E-state index in [0.29, 0.717) is 12.5 Å². The fraction of sp³-hybridized carbons (Fsp3) is 0.192. The number of fused-ring (bicyclic) bond motifs is 1. The van der Waals surface area contributed by atoms with Gasteiger partial charge in [-0.15, -0.1) is 0 Å². The first kappa shape index (κ1) is 21.4. The Hall–Kier alpha value is -3.45. The van der Waals surface area contributed by atoms with E-state index in [9.17, 15) is 4.79 Å². The normalized spacial score (nSPS) is 13.9. The van der Waals surface area contributed by atoms with E-state index in [2.05, 4.69) is 56.3 Å². The maximum atomic E-state index is 12.9. The Balaban J connectivity index is 1.48. The molecule has 3 heterocycles. The molecule has 0 radical (unpaired) electrons. The molecule has 0 unspecified atom stereocenters. The van der Waals surface area contributed by atoms with E-state index in [1.807, 2.05) is 53.1 Å². The number of pyridine rings is 1. The Bertz CT molecular complexity index is 1340. The van der Waals surface area contributed by atoms with Crippen molar-refractivity contribution in [3.63, 3.8) is 0 Å². The number of hydrogen-bond acceptors (Lipinski definition) is 5. The van der Waals surface area contributed by atoms with Crippen LogP contribution in [0, 0.1) is 0 Å². The lowest BCUT2D eigenvalue weighted by Crippen LogP contribution is -2.35. The minimum atomic E-state index is 0.00624. The summed E-state index contributed by atoms with van der Waals surface area (Å²) in [7, 11) is 0. The predicted molar refractivity (Wildman–Crippen MR) is 136 cm³/mol. The smallest absolute Gasteiger partial charge is 0.252 e. The highest BCUT2D eigenvalue weighted by molar-refractivity contribution is 9.10. The molecule has 0 saturated heterocycles. The van der Waals surface area contributed by atoms with Crippen molar-refractivity contribution in [2.24, 2.45) is 0 Å². The highest BCUT2D eigenvalue weighted by atomic mass is 79.9. The molecule has 0 aliphatic carbocycles. The van der Waals surface area contributed by atoms with Gasteiger partial charge in [0.15, 0.2) is 0 Å². The zero-order chi connectivity index (χ0) is 22.8. The molecule has 0 spiro atoms. The number of hydrogen-bond donors (Lipinski definition) is 1. The maximum Gasteiger partial charge on any atom is 0.252 e. The summed E-state index contributed by atoms with van der Waals surface area (Å²) >= 11 is 3.53. The second kappa shape index (κ2) is 9.19. The first-order chi connectivity index (χ1) is 16.1.